The van der Waals surface area contributed by atoms with Gasteiger partial charge in [0.2, 0.25) is 5.76 Å². The van der Waals surface area contributed by atoms with E-state index in [1.807, 2.05) is 12.1 Å². The Balaban J connectivity index is 1.56. The molecule has 1 aromatic heterocycles. The zero-order valence-corrected chi connectivity index (χ0v) is 18.3. The fourth-order valence-electron chi connectivity index (χ4n) is 4.30. The van der Waals surface area contributed by atoms with Crippen LogP contribution in [0, 0.1) is 0 Å². The van der Waals surface area contributed by atoms with Gasteiger partial charge in [-0.25, -0.2) is 0 Å². The van der Waals surface area contributed by atoms with Crippen LogP contribution in [-0.4, -0.2) is 30.4 Å². The fraction of sp³-hybridized carbons (Fsp3) is 0.250. The van der Waals surface area contributed by atoms with Gasteiger partial charge in [-0.15, -0.1) is 0 Å². The lowest BCUT2D eigenvalue weighted by molar-refractivity contribution is -0.110. The lowest BCUT2D eigenvalue weighted by Crippen LogP contribution is -2.35. The highest BCUT2D eigenvalue weighted by Gasteiger charge is 2.38. The highest BCUT2D eigenvalue weighted by atomic mass is 35.5. The van der Waals surface area contributed by atoms with Crippen molar-refractivity contribution in [2.24, 2.45) is 0 Å². The van der Waals surface area contributed by atoms with E-state index in [1.54, 1.807) is 19.2 Å². The Hall–Kier alpha value is -3.29. The van der Waals surface area contributed by atoms with Crippen LogP contribution in [0.2, 0.25) is 5.02 Å². The molecule has 3 aromatic rings. The molecular formula is C24H21ClN2O5. The van der Waals surface area contributed by atoms with Gasteiger partial charge in [0.05, 0.1) is 35.1 Å². The average Bonchev–Trinajstić information content (AvgIpc) is 3.36. The summed E-state index contributed by atoms with van der Waals surface area (Å²) >= 11 is 6.55. The highest BCUT2D eigenvalue weighted by molar-refractivity contribution is 6.38. The van der Waals surface area contributed by atoms with Gasteiger partial charge in [-0.1, -0.05) is 35.9 Å². The maximum absolute atomic E-state index is 12.6. The summed E-state index contributed by atoms with van der Waals surface area (Å²) in [5.74, 6) is -0.551. The van der Waals surface area contributed by atoms with E-state index in [0.717, 1.165) is 36.0 Å². The maximum Gasteiger partial charge on any atom is 0.260 e. The maximum atomic E-state index is 12.6. The minimum atomic E-state index is -0.455. The Labute approximate surface area is 189 Å². The van der Waals surface area contributed by atoms with Gasteiger partial charge < -0.3 is 24.4 Å². The molecule has 0 bridgehead atoms. The number of amides is 1. The van der Waals surface area contributed by atoms with Crippen LogP contribution in [0.1, 0.15) is 36.1 Å². The molecule has 1 aliphatic heterocycles. The summed E-state index contributed by atoms with van der Waals surface area (Å²) in [7, 11) is 3.18. The Morgan fingerprint density at radius 2 is 1.91 bits per heavy atom. The monoisotopic (exact) mass is 452 g/mol. The van der Waals surface area contributed by atoms with Crippen molar-refractivity contribution >= 4 is 34.5 Å². The van der Waals surface area contributed by atoms with Crippen LogP contribution < -0.4 is 10.1 Å². The number of benzene rings is 2. The molecule has 32 heavy (non-hydrogen) atoms. The molecule has 164 valence electrons. The molecule has 1 aliphatic carbocycles. The second kappa shape index (κ2) is 7.69. The SMILES string of the molecule is COc1cc(/C(O)=C2\C(=O)Nc3cc(Cl)c(-c4ccc(C5(OC)CCC5)cc4)cc32)on1. The average molecular weight is 453 g/mol. The van der Waals surface area contributed by atoms with Gasteiger partial charge in [0, 0.05) is 18.2 Å². The first-order valence-electron chi connectivity index (χ1n) is 10.2. The third-order valence-electron chi connectivity index (χ3n) is 6.29. The summed E-state index contributed by atoms with van der Waals surface area (Å²) < 4.78 is 15.9. The van der Waals surface area contributed by atoms with E-state index in [1.165, 1.54) is 13.2 Å². The van der Waals surface area contributed by atoms with Gasteiger partial charge in [-0.2, -0.15) is 0 Å². The lowest BCUT2D eigenvalue weighted by Gasteiger charge is -2.41. The summed E-state index contributed by atoms with van der Waals surface area (Å²) in [6, 6.07) is 13.0. The summed E-state index contributed by atoms with van der Waals surface area (Å²) in [5.41, 5.74) is 3.71. The van der Waals surface area contributed by atoms with E-state index >= 15 is 0 Å². The molecular weight excluding hydrogens is 432 g/mol. The van der Waals surface area contributed by atoms with Crippen LogP contribution in [0.25, 0.3) is 22.5 Å². The second-order valence-electron chi connectivity index (χ2n) is 7.92. The lowest BCUT2D eigenvalue weighted by atomic mass is 9.74. The summed E-state index contributed by atoms with van der Waals surface area (Å²) in [6.07, 6.45) is 3.18. The molecule has 2 heterocycles. The van der Waals surface area contributed by atoms with Crippen molar-refractivity contribution in [2.75, 3.05) is 19.5 Å². The summed E-state index contributed by atoms with van der Waals surface area (Å²) in [6.45, 7) is 0. The number of nitrogens with one attached hydrogen (secondary N) is 1. The van der Waals surface area contributed by atoms with Gasteiger partial charge in [0.15, 0.2) is 5.76 Å². The van der Waals surface area contributed by atoms with Gasteiger partial charge in [0.25, 0.3) is 11.8 Å². The number of aromatic nitrogens is 1. The van der Waals surface area contributed by atoms with Crippen LogP contribution in [-0.2, 0) is 15.1 Å². The summed E-state index contributed by atoms with van der Waals surface area (Å²) in [5, 5.41) is 17.7. The molecule has 7 nitrogen and oxygen atoms in total. The molecule has 5 rings (SSSR count). The van der Waals surface area contributed by atoms with Crippen molar-refractivity contribution in [3.8, 4) is 17.0 Å². The molecule has 1 saturated carbocycles. The molecule has 1 fully saturated rings. The van der Waals surface area contributed by atoms with Crippen LogP contribution in [0.4, 0.5) is 5.69 Å². The van der Waals surface area contributed by atoms with E-state index in [4.69, 9.17) is 25.6 Å². The molecule has 2 aromatic carbocycles. The predicted molar refractivity (Wildman–Crippen MR) is 121 cm³/mol. The first-order valence-corrected chi connectivity index (χ1v) is 10.6. The molecule has 8 heteroatoms. The second-order valence-corrected chi connectivity index (χ2v) is 8.33. The molecule has 2 aliphatic rings. The van der Waals surface area contributed by atoms with Gasteiger partial charge >= 0.3 is 0 Å². The van der Waals surface area contributed by atoms with E-state index < -0.39 is 5.91 Å². The van der Waals surface area contributed by atoms with Crippen LogP contribution in [0.5, 0.6) is 5.88 Å². The number of halogens is 1. The Bertz CT molecular complexity index is 1240. The van der Waals surface area contributed by atoms with Crippen LogP contribution in [0.15, 0.2) is 47.0 Å². The smallest absolute Gasteiger partial charge is 0.260 e. The zero-order chi connectivity index (χ0) is 22.5. The number of anilines is 1. The Morgan fingerprint density at radius 1 is 1.16 bits per heavy atom. The standard InChI is InChI=1S/C24H21ClN2O5/c1-30-20-12-19(32-27-20)22(28)21-16-10-15(17(25)11-18(16)26-23(21)29)13-4-6-14(7-5-13)24(31-2)8-3-9-24/h4-7,10-12,28H,3,8-9H2,1-2H3,(H,26,29)/b22-21+. The van der Waals surface area contributed by atoms with Gasteiger partial charge in [-0.05, 0) is 47.7 Å². The zero-order valence-electron chi connectivity index (χ0n) is 17.6. The van der Waals surface area contributed by atoms with E-state index in [0.29, 0.717) is 16.3 Å². The molecule has 0 unspecified atom stereocenters. The topological polar surface area (TPSA) is 93.8 Å². The first-order chi connectivity index (χ1) is 15.5. The number of methoxy groups -OCH3 is 2. The first kappa shape index (κ1) is 20.6. The number of hydrogen-bond acceptors (Lipinski definition) is 6. The van der Waals surface area contributed by atoms with Crippen LogP contribution >= 0.6 is 11.6 Å². The number of carbonyl (C=O) groups is 1. The van der Waals surface area contributed by atoms with E-state index in [9.17, 15) is 9.90 Å². The number of aliphatic hydroxyl groups is 1. The Morgan fingerprint density at radius 3 is 2.50 bits per heavy atom. The highest BCUT2D eigenvalue weighted by Crippen LogP contribution is 2.46. The van der Waals surface area contributed by atoms with Crippen molar-refractivity contribution in [2.45, 2.75) is 24.9 Å². The van der Waals surface area contributed by atoms with Crippen molar-refractivity contribution < 1.29 is 23.9 Å². The number of ether oxygens (including phenoxy) is 2. The minimum absolute atomic E-state index is 0.0334. The normalized spacial score (nSPS) is 18.0. The van der Waals surface area contributed by atoms with Gasteiger partial charge in [0.1, 0.15) is 0 Å². The van der Waals surface area contributed by atoms with E-state index in [2.05, 4.69) is 22.6 Å². The molecule has 0 atom stereocenters. The molecule has 1 amide bonds. The molecule has 0 radical (unpaired) electrons. The molecule has 0 saturated heterocycles. The summed E-state index contributed by atoms with van der Waals surface area (Å²) in [4.78, 5) is 12.6. The van der Waals surface area contributed by atoms with Gasteiger partial charge in [-0.3, -0.25) is 4.79 Å². The molecule has 0 spiro atoms. The quantitative estimate of drug-likeness (QED) is 0.397. The van der Waals surface area contributed by atoms with Crippen molar-refractivity contribution in [1.29, 1.82) is 0 Å². The number of fused-ring (bicyclic) bond motifs is 1. The number of rotatable bonds is 5. The van der Waals surface area contributed by atoms with Crippen molar-refractivity contribution in [3.63, 3.8) is 0 Å². The number of hydrogen-bond donors (Lipinski definition) is 2. The fourth-order valence-corrected chi connectivity index (χ4v) is 4.57. The Kier molecular flexibility index (Phi) is 4.95. The minimum Gasteiger partial charge on any atom is -0.504 e. The van der Waals surface area contributed by atoms with E-state index in [-0.39, 0.29) is 28.6 Å². The molecule has 2 N–H and O–H groups in total. The van der Waals surface area contributed by atoms with Crippen molar-refractivity contribution in [1.82, 2.24) is 5.16 Å². The van der Waals surface area contributed by atoms with Crippen molar-refractivity contribution in [3.05, 3.63) is 64.4 Å². The third-order valence-corrected chi connectivity index (χ3v) is 6.61. The number of aliphatic hydroxyl groups excluding tert-OH is 1. The number of carbonyl (C=O) groups excluding carboxylic acids is 1. The third kappa shape index (κ3) is 3.16. The van der Waals surface area contributed by atoms with Crippen LogP contribution in [0.3, 0.4) is 0 Å². The largest absolute Gasteiger partial charge is 0.504 e. The predicted octanol–water partition coefficient (Wildman–Crippen LogP) is 5.41. The number of nitrogens with zero attached hydrogens (tertiary/aromatic N) is 1.